The molecule has 448 valence electrons. The van der Waals surface area contributed by atoms with Gasteiger partial charge in [-0.1, -0.05) is 269 Å². The molecule has 0 aromatic heterocycles. The second-order valence-corrected chi connectivity index (χ2v) is 22.0. The molecular weight excluding hydrogens is 973 g/mol. The number of carbonyl (C=O) groups is 4. The third-order valence-electron chi connectivity index (χ3n) is 14.7. The molecule has 0 aliphatic carbocycles. The van der Waals surface area contributed by atoms with E-state index >= 15 is 0 Å². The Morgan fingerprint density at radius 2 is 0.818 bits per heavy atom. The first-order valence-corrected chi connectivity index (χ1v) is 32.0. The van der Waals surface area contributed by atoms with Gasteiger partial charge >= 0.3 is 23.9 Å². The van der Waals surface area contributed by atoms with Crippen LogP contribution >= 0.6 is 0 Å². The molecule has 6 unspecified atom stereocenters. The maximum Gasteiger partial charge on any atom is 0.335 e. The smallest absolute Gasteiger partial charge is 0.335 e. The summed E-state index contributed by atoms with van der Waals surface area (Å²) in [5, 5.41) is 31.5. The summed E-state index contributed by atoms with van der Waals surface area (Å²) in [5.41, 5.74) is 0. The van der Waals surface area contributed by atoms with Gasteiger partial charge in [-0.2, -0.15) is 0 Å². The highest BCUT2D eigenvalue weighted by Crippen LogP contribution is 2.27. The molecule has 12 nitrogen and oxygen atoms in total. The topological polar surface area (TPSA) is 175 Å². The molecule has 1 saturated heterocycles. The van der Waals surface area contributed by atoms with Crippen LogP contribution in [0.4, 0.5) is 0 Å². The maximum atomic E-state index is 13.1. The number of aliphatic carboxylic acids is 1. The lowest BCUT2D eigenvalue weighted by atomic mass is 9.98. The van der Waals surface area contributed by atoms with Crippen molar-refractivity contribution >= 4 is 23.9 Å². The minimum Gasteiger partial charge on any atom is -0.479 e. The Morgan fingerprint density at radius 3 is 1.25 bits per heavy atom. The van der Waals surface area contributed by atoms with Gasteiger partial charge in [0.2, 0.25) is 0 Å². The second kappa shape index (κ2) is 53.6. The Labute approximate surface area is 470 Å². The molecule has 0 radical (unpaired) electrons. The molecule has 1 aliphatic heterocycles. The standard InChI is InChI=1S/C65H116O12/c1-4-7-10-13-16-19-22-24-26-28-29-31-33-35-38-41-44-47-50-53-59(68)76-63-61(70)60(69)62(64(71)72)77-65(63)74-55-56(75-58(67)52-49-46-43-40-36-21-18-15-12-9-6-3)54-73-57(66)51-48-45-42-39-37-34-32-30-27-25-23-20-17-14-11-8-5-2/h8,11,17,20,25,27,56,60-63,65,69-70H,4-7,9-10,12-16,18-19,21-24,26,28-55H2,1-3H3,(H,71,72)/b11-8-,20-17-,27-25-. The molecule has 6 atom stereocenters. The van der Waals surface area contributed by atoms with Gasteiger partial charge in [-0.3, -0.25) is 14.4 Å². The summed E-state index contributed by atoms with van der Waals surface area (Å²) in [4.78, 5) is 51.2. The summed E-state index contributed by atoms with van der Waals surface area (Å²) < 4.78 is 28.5. The SMILES string of the molecule is CC/C=C\C/C=C\C/C=C\CCCCCCCCCC(=O)OCC(COC1OC(C(=O)O)C(O)C(O)C1OC(=O)CCCCCCCCCCCCCCCCCCCCC)OC(=O)CCCCCCCCCCCCC. The number of aliphatic hydroxyl groups is 2. The van der Waals surface area contributed by atoms with Crippen molar-refractivity contribution in [2.45, 2.75) is 340 Å². The van der Waals surface area contributed by atoms with E-state index in [1.807, 2.05) is 0 Å². The summed E-state index contributed by atoms with van der Waals surface area (Å²) in [6.07, 6.45) is 51.1. The molecule has 0 saturated carbocycles. The quantitative estimate of drug-likeness (QED) is 0.0228. The van der Waals surface area contributed by atoms with Gasteiger partial charge in [-0.05, 0) is 51.4 Å². The second-order valence-electron chi connectivity index (χ2n) is 22.0. The van der Waals surface area contributed by atoms with Crippen LogP contribution in [0.3, 0.4) is 0 Å². The van der Waals surface area contributed by atoms with Crippen molar-refractivity contribution in [1.29, 1.82) is 0 Å². The Morgan fingerprint density at radius 1 is 0.442 bits per heavy atom. The maximum absolute atomic E-state index is 13.1. The first-order chi connectivity index (χ1) is 37.6. The van der Waals surface area contributed by atoms with Crippen molar-refractivity contribution < 1.29 is 58.2 Å². The summed E-state index contributed by atoms with van der Waals surface area (Å²) in [7, 11) is 0. The highest BCUT2D eigenvalue weighted by atomic mass is 16.7. The molecule has 12 heteroatoms. The summed E-state index contributed by atoms with van der Waals surface area (Å²) in [6, 6.07) is 0. The van der Waals surface area contributed by atoms with E-state index < -0.39 is 67.3 Å². The number of esters is 3. The molecule has 0 aromatic carbocycles. The highest BCUT2D eigenvalue weighted by molar-refractivity contribution is 5.74. The fourth-order valence-electron chi connectivity index (χ4n) is 9.86. The number of hydrogen-bond acceptors (Lipinski definition) is 11. The van der Waals surface area contributed by atoms with Crippen molar-refractivity contribution in [3.8, 4) is 0 Å². The minimum absolute atomic E-state index is 0.0662. The zero-order chi connectivity index (χ0) is 56.1. The van der Waals surface area contributed by atoms with Gasteiger partial charge in [-0.25, -0.2) is 4.79 Å². The van der Waals surface area contributed by atoms with Gasteiger partial charge in [0.1, 0.15) is 18.8 Å². The summed E-state index contributed by atoms with van der Waals surface area (Å²) in [6.45, 7) is 5.91. The van der Waals surface area contributed by atoms with Gasteiger partial charge in [0.05, 0.1) is 6.61 Å². The predicted octanol–water partition coefficient (Wildman–Crippen LogP) is 16.8. The van der Waals surface area contributed by atoms with Crippen LogP contribution in [0.25, 0.3) is 0 Å². The number of rotatable bonds is 55. The number of carboxylic acid groups (broad SMARTS) is 1. The molecule has 0 bridgehead atoms. The van der Waals surface area contributed by atoms with Gasteiger partial charge in [-0.15, -0.1) is 0 Å². The molecule has 1 aliphatic rings. The van der Waals surface area contributed by atoms with E-state index in [1.165, 1.54) is 154 Å². The molecule has 77 heavy (non-hydrogen) atoms. The number of hydrogen-bond donors (Lipinski definition) is 3. The lowest BCUT2D eigenvalue weighted by Gasteiger charge is -2.40. The van der Waals surface area contributed by atoms with Crippen molar-refractivity contribution in [2.75, 3.05) is 13.2 Å². The Hall–Kier alpha value is -3.06. The lowest BCUT2D eigenvalue weighted by molar-refractivity contribution is -0.301. The average molecular weight is 1090 g/mol. The summed E-state index contributed by atoms with van der Waals surface area (Å²) in [5.74, 6) is -3.10. The monoisotopic (exact) mass is 1090 g/mol. The van der Waals surface area contributed by atoms with Crippen LogP contribution in [-0.4, -0.2) is 89.2 Å². The molecule has 0 amide bonds. The zero-order valence-electron chi connectivity index (χ0n) is 49.5. The number of carbonyl (C=O) groups excluding carboxylic acids is 3. The molecule has 1 rings (SSSR count). The number of unbranched alkanes of at least 4 members (excludes halogenated alkanes) is 35. The predicted molar refractivity (Wildman–Crippen MR) is 313 cm³/mol. The van der Waals surface area contributed by atoms with Crippen molar-refractivity contribution in [2.24, 2.45) is 0 Å². The van der Waals surface area contributed by atoms with Gasteiger partial charge in [0.15, 0.2) is 24.6 Å². The van der Waals surface area contributed by atoms with Gasteiger partial charge in [0.25, 0.3) is 0 Å². The van der Waals surface area contributed by atoms with E-state index in [0.717, 1.165) is 89.9 Å². The van der Waals surface area contributed by atoms with Crippen LogP contribution in [-0.2, 0) is 42.9 Å². The minimum atomic E-state index is -1.90. The number of ether oxygens (including phenoxy) is 5. The fraction of sp³-hybridized carbons (Fsp3) is 0.846. The van der Waals surface area contributed by atoms with Crippen molar-refractivity contribution in [3.63, 3.8) is 0 Å². The van der Waals surface area contributed by atoms with E-state index in [2.05, 4.69) is 57.2 Å². The number of aliphatic hydroxyl groups excluding tert-OH is 2. The van der Waals surface area contributed by atoms with Crippen LogP contribution in [0, 0.1) is 0 Å². The van der Waals surface area contributed by atoms with Gasteiger partial charge in [0, 0.05) is 19.3 Å². The van der Waals surface area contributed by atoms with Crippen LogP contribution in [0.1, 0.15) is 303 Å². The first-order valence-electron chi connectivity index (χ1n) is 32.0. The van der Waals surface area contributed by atoms with Crippen LogP contribution in [0.5, 0.6) is 0 Å². The molecule has 0 spiro atoms. The van der Waals surface area contributed by atoms with E-state index in [0.29, 0.717) is 19.3 Å². The number of allylic oxidation sites excluding steroid dienone is 6. The first kappa shape index (κ1) is 72.0. The van der Waals surface area contributed by atoms with Crippen LogP contribution < -0.4 is 0 Å². The third kappa shape index (κ3) is 43.4. The normalized spacial score (nSPS) is 18.2. The third-order valence-corrected chi connectivity index (χ3v) is 14.7. The van der Waals surface area contributed by atoms with E-state index in [1.54, 1.807) is 0 Å². The van der Waals surface area contributed by atoms with Crippen molar-refractivity contribution in [1.82, 2.24) is 0 Å². The molecular formula is C65H116O12. The van der Waals surface area contributed by atoms with E-state index in [-0.39, 0.29) is 25.9 Å². The molecule has 1 heterocycles. The Kier molecular flexibility index (Phi) is 50.1. The molecule has 1 fully saturated rings. The Balaban J connectivity index is 2.61. The molecule has 3 N–H and O–H groups in total. The largest absolute Gasteiger partial charge is 0.479 e. The fourth-order valence-corrected chi connectivity index (χ4v) is 9.86. The molecule has 0 aromatic rings. The van der Waals surface area contributed by atoms with Crippen molar-refractivity contribution in [3.05, 3.63) is 36.5 Å². The van der Waals surface area contributed by atoms with E-state index in [4.69, 9.17) is 23.7 Å². The van der Waals surface area contributed by atoms with Gasteiger partial charge < -0.3 is 39.0 Å². The zero-order valence-corrected chi connectivity index (χ0v) is 49.5. The highest BCUT2D eigenvalue weighted by Gasteiger charge is 2.50. The summed E-state index contributed by atoms with van der Waals surface area (Å²) >= 11 is 0. The number of carboxylic acids is 1. The van der Waals surface area contributed by atoms with E-state index in [9.17, 15) is 34.5 Å². The lowest BCUT2D eigenvalue weighted by Crippen LogP contribution is -2.61. The van der Waals surface area contributed by atoms with Crippen LogP contribution in [0.15, 0.2) is 36.5 Å². The average Bonchev–Trinajstić information content (AvgIpc) is 3.41. The van der Waals surface area contributed by atoms with Crippen LogP contribution in [0.2, 0.25) is 0 Å². The Bertz CT molecular complexity index is 1480.